The Bertz CT molecular complexity index is 6460. The average Bonchev–Trinajstić information content (AvgIpc) is 1.16. The SMILES string of the molecule is Clc1ccc(-c2nc3ccc(-c4cc5ccccc5c5ccccc45)cc3o2)cc1.N#Cc1ccc(-c2ccc(-c3ccc(-c4ccc(-c5nc6ccc(-c7cc8ccccc8c8ccccc78)cc6o5)cc4)cc3)cc2)cc1.[C-]#[N+]c1ccc(-c2ccc(-c3ccc(B4OC(C)(C)C(C)(C)O4)cc3)cc2)cc1. The molecule has 0 N–H and O–H groups in total. The molecule has 19 rings (SSSR count). The molecule has 0 spiro atoms. The zero-order valence-electron chi connectivity index (χ0n) is 59.7. The second-order valence-electron chi connectivity index (χ2n) is 28.2. The van der Waals surface area contributed by atoms with Crippen LogP contribution in [0.2, 0.25) is 5.02 Å². The Hall–Kier alpha value is -13.2. The monoisotopic (exact) mass is 1410 g/mol. The third kappa shape index (κ3) is 13.6. The third-order valence-corrected chi connectivity index (χ3v) is 21.2. The van der Waals surface area contributed by atoms with Gasteiger partial charge >= 0.3 is 7.12 Å². The van der Waals surface area contributed by atoms with Crippen LogP contribution in [0.25, 0.3) is 171 Å². The Kier molecular flexibility index (Phi) is 18.0. The zero-order chi connectivity index (χ0) is 73.5. The van der Waals surface area contributed by atoms with Crippen LogP contribution in [0.5, 0.6) is 0 Å². The number of hydrogen-bond acceptors (Lipinski definition) is 7. The van der Waals surface area contributed by atoms with Crippen LogP contribution < -0.4 is 5.46 Å². The number of nitriles is 1. The first-order valence-electron chi connectivity index (χ1n) is 36.0. The van der Waals surface area contributed by atoms with Gasteiger partial charge in [0.1, 0.15) is 11.0 Å². The first-order valence-corrected chi connectivity index (χ1v) is 36.4. The van der Waals surface area contributed by atoms with Crippen molar-refractivity contribution in [2.45, 2.75) is 38.9 Å². The molecule has 108 heavy (non-hydrogen) atoms. The molecule has 8 nitrogen and oxygen atoms in total. The largest absolute Gasteiger partial charge is 0.494 e. The van der Waals surface area contributed by atoms with E-state index < -0.39 is 0 Å². The molecule has 10 heteroatoms. The molecule has 0 bridgehead atoms. The summed E-state index contributed by atoms with van der Waals surface area (Å²) in [7, 11) is -0.338. The Balaban J connectivity index is 0.000000125. The minimum atomic E-state index is -0.338. The van der Waals surface area contributed by atoms with E-state index in [1.807, 2.05) is 78.9 Å². The van der Waals surface area contributed by atoms with Gasteiger partial charge in [0.2, 0.25) is 11.8 Å². The van der Waals surface area contributed by atoms with Crippen LogP contribution >= 0.6 is 11.6 Å². The van der Waals surface area contributed by atoms with Crippen LogP contribution in [0.1, 0.15) is 33.3 Å². The van der Waals surface area contributed by atoms with E-state index >= 15 is 0 Å². The molecule has 1 aliphatic heterocycles. The Morgan fingerprint density at radius 3 is 1.02 bits per heavy atom. The molecule has 0 aliphatic carbocycles. The van der Waals surface area contributed by atoms with Gasteiger partial charge in [-0.1, -0.05) is 266 Å². The maximum Gasteiger partial charge on any atom is 0.494 e. The summed E-state index contributed by atoms with van der Waals surface area (Å²) in [5.74, 6) is 1.21. The Morgan fingerprint density at radius 2 is 0.648 bits per heavy atom. The highest BCUT2D eigenvalue weighted by molar-refractivity contribution is 6.62. The third-order valence-electron chi connectivity index (χ3n) is 20.9. The van der Waals surface area contributed by atoms with Crippen molar-refractivity contribution >= 4 is 95.2 Å². The number of hydrogen-bond donors (Lipinski definition) is 0. The van der Waals surface area contributed by atoms with Crippen LogP contribution in [0.4, 0.5) is 5.69 Å². The van der Waals surface area contributed by atoms with Gasteiger partial charge < -0.3 is 18.1 Å². The van der Waals surface area contributed by atoms with E-state index in [4.69, 9.17) is 46.6 Å². The highest BCUT2D eigenvalue weighted by atomic mass is 35.5. The van der Waals surface area contributed by atoms with E-state index in [1.54, 1.807) is 0 Å². The lowest BCUT2D eigenvalue weighted by atomic mass is 9.78. The van der Waals surface area contributed by atoms with Crippen molar-refractivity contribution in [2.75, 3.05) is 0 Å². The second kappa shape index (κ2) is 28.7. The van der Waals surface area contributed by atoms with Crippen molar-refractivity contribution < 1.29 is 18.1 Å². The minimum absolute atomic E-state index is 0.334. The first-order chi connectivity index (χ1) is 52.7. The number of aromatic nitrogens is 2. The van der Waals surface area contributed by atoms with Crippen molar-refractivity contribution in [1.29, 1.82) is 5.26 Å². The topological polar surface area (TPSA) is 98.7 Å². The van der Waals surface area contributed by atoms with Gasteiger partial charge in [0.15, 0.2) is 16.9 Å². The van der Waals surface area contributed by atoms with E-state index in [-0.39, 0.29) is 18.3 Å². The smallest absolute Gasteiger partial charge is 0.436 e. The summed E-state index contributed by atoms with van der Waals surface area (Å²) in [5.41, 5.74) is 22.8. The molecule has 0 atom stereocenters. The normalized spacial score (nSPS) is 12.9. The summed E-state index contributed by atoms with van der Waals surface area (Å²) in [5, 5.41) is 19.7. The van der Waals surface area contributed by atoms with Crippen molar-refractivity contribution in [3.05, 3.63) is 362 Å². The Morgan fingerprint density at radius 1 is 0.343 bits per heavy atom. The fraction of sp³-hybridized carbons (Fsp3) is 0.0612. The molecule has 0 unspecified atom stereocenters. The van der Waals surface area contributed by atoms with Gasteiger partial charge in [0, 0.05) is 16.1 Å². The first kappa shape index (κ1) is 67.9. The maximum absolute atomic E-state index is 9.06. The zero-order valence-corrected chi connectivity index (χ0v) is 60.5. The van der Waals surface area contributed by atoms with Gasteiger partial charge in [-0.05, 0) is 239 Å². The molecule has 0 radical (unpaired) electrons. The molecule has 1 fully saturated rings. The van der Waals surface area contributed by atoms with Gasteiger partial charge in [-0.2, -0.15) is 5.26 Å². The lowest BCUT2D eigenvalue weighted by Gasteiger charge is -2.32. The molecule has 0 saturated carbocycles. The van der Waals surface area contributed by atoms with E-state index in [0.29, 0.717) is 28.1 Å². The van der Waals surface area contributed by atoms with Gasteiger partial charge in [0.25, 0.3) is 0 Å². The van der Waals surface area contributed by atoms with E-state index in [0.717, 1.165) is 106 Å². The fourth-order valence-electron chi connectivity index (χ4n) is 14.3. The van der Waals surface area contributed by atoms with Gasteiger partial charge in [-0.3, -0.25) is 0 Å². The number of benzene rings is 16. The van der Waals surface area contributed by atoms with Crippen molar-refractivity contribution in [3.8, 4) is 107 Å². The number of rotatable bonds is 10. The molecule has 1 aliphatic rings. The molecule has 3 heterocycles. The van der Waals surface area contributed by atoms with Gasteiger partial charge in [-0.25, -0.2) is 14.8 Å². The molecule has 1 saturated heterocycles. The van der Waals surface area contributed by atoms with Crippen LogP contribution in [0, 0.1) is 17.9 Å². The number of nitrogens with zero attached hydrogens (tertiary/aromatic N) is 4. The molecule has 16 aromatic carbocycles. The maximum atomic E-state index is 9.06. The standard InChI is InChI=1S/C46H28N2O.C27H16ClNO.C25H24BNO2/c47-29-30-9-11-31(12-10-30)32-13-15-33(16-14-32)34-17-19-35(20-18-34)36-21-23-37(24-22-36)46-48-44-26-25-39(28-45(44)49-46)43-27-38-5-1-2-6-40(38)41-7-3-4-8-42(41)43;28-20-12-9-17(10-13-20)27-29-25-14-11-19(16-26(25)30-27)24-15-18-5-1-2-6-21(18)22-7-3-4-8-23(22)24;1-24(2)25(3,4)29-26(28-24)22-14-10-20(11-15-22)18-6-8-19(9-7-18)21-12-16-23(27-5)17-13-21/h1-28H;1-16H;6-17H,1-4H3. The second-order valence-corrected chi connectivity index (χ2v) is 28.6. The van der Waals surface area contributed by atoms with Crippen molar-refractivity contribution in [3.63, 3.8) is 0 Å². The molecular formula is C98H68BClN4O4. The van der Waals surface area contributed by atoms with Gasteiger partial charge in [-0.15, -0.1) is 0 Å². The summed E-state index contributed by atoms with van der Waals surface area (Å²) < 4.78 is 24.7. The number of halogens is 1. The minimum Gasteiger partial charge on any atom is -0.436 e. The predicted molar refractivity (Wildman–Crippen MR) is 445 cm³/mol. The molecule has 2 aromatic heterocycles. The van der Waals surface area contributed by atoms with Crippen LogP contribution in [-0.4, -0.2) is 28.3 Å². The highest BCUT2D eigenvalue weighted by Crippen LogP contribution is 2.42. The average molecular weight is 1410 g/mol. The van der Waals surface area contributed by atoms with Crippen molar-refractivity contribution in [1.82, 2.24) is 9.97 Å². The van der Waals surface area contributed by atoms with E-state index in [1.165, 1.54) is 54.2 Å². The van der Waals surface area contributed by atoms with Crippen LogP contribution in [-0.2, 0) is 9.31 Å². The molecule has 514 valence electrons. The van der Waals surface area contributed by atoms with E-state index in [2.05, 4.69) is 304 Å². The lowest BCUT2D eigenvalue weighted by Crippen LogP contribution is -2.41. The quantitative estimate of drug-likeness (QED) is 0.0764. The van der Waals surface area contributed by atoms with Gasteiger partial charge in [0.05, 0.1) is 29.4 Å². The fourth-order valence-corrected chi connectivity index (χ4v) is 14.4. The summed E-state index contributed by atoms with van der Waals surface area (Å²) in [6.07, 6.45) is 0. The van der Waals surface area contributed by atoms with Crippen molar-refractivity contribution in [2.24, 2.45) is 0 Å². The number of fused-ring (bicyclic) bond motifs is 8. The summed E-state index contributed by atoms with van der Waals surface area (Å²) >= 11 is 6.00. The predicted octanol–water partition coefficient (Wildman–Crippen LogP) is 26.3. The summed E-state index contributed by atoms with van der Waals surface area (Å²) in [6, 6.07) is 119. The molecule has 18 aromatic rings. The highest BCUT2D eigenvalue weighted by Gasteiger charge is 2.51. The van der Waals surface area contributed by atoms with E-state index in [9.17, 15) is 0 Å². The van der Waals surface area contributed by atoms with Crippen LogP contribution in [0.15, 0.2) is 349 Å². The number of oxazole rings is 2. The molecular weight excluding hydrogens is 1340 g/mol. The van der Waals surface area contributed by atoms with Crippen LogP contribution in [0.3, 0.4) is 0 Å². The summed E-state index contributed by atoms with van der Waals surface area (Å²) in [6.45, 7) is 15.3. The molecule has 0 amide bonds. The Labute approximate surface area is 632 Å². The summed E-state index contributed by atoms with van der Waals surface area (Å²) in [4.78, 5) is 12.9. The lowest BCUT2D eigenvalue weighted by molar-refractivity contribution is 0.00578.